The van der Waals surface area contributed by atoms with Gasteiger partial charge in [-0.05, 0) is 25.3 Å². The number of amides is 2. The molecule has 0 bridgehead atoms. The molecule has 1 atom stereocenters. The van der Waals surface area contributed by atoms with Gasteiger partial charge in [-0.15, -0.1) is 0 Å². The molecule has 0 spiro atoms. The highest BCUT2D eigenvalue weighted by molar-refractivity contribution is 5.81. The minimum absolute atomic E-state index is 0.0544. The van der Waals surface area contributed by atoms with Gasteiger partial charge >= 0.3 is 0 Å². The predicted octanol–water partition coefficient (Wildman–Crippen LogP) is 1.39. The van der Waals surface area contributed by atoms with E-state index in [1.165, 1.54) is 5.56 Å². The summed E-state index contributed by atoms with van der Waals surface area (Å²) in [5.41, 5.74) is 2.33. The van der Waals surface area contributed by atoms with Crippen molar-refractivity contribution in [3.05, 3.63) is 35.4 Å². The van der Waals surface area contributed by atoms with Crippen LogP contribution in [0.4, 0.5) is 0 Å². The van der Waals surface area contributed by atoms with Crippen molar-refractivity contribution in [2.75, 3.05) is 39.3 Å². The number of piperazine rings is 1. The molecule has 1 aromatic rings. The Morgan fingerprint density at radius 1 is 1.00 bits per heavy atom. The molecule has 6 nitrogen and oxygen atoms in total. The Morgan fingerprint density at radius 2 is 1.63 bits per heavy atom. The van der Waals surface area contributed by atoms with Crippen molar-refractivity contribution in [3.63, 3.8) is 0 Å². The first-order valence-electron chi connectivity index (χ1n) is 9.91. The number of carbonyl (C=O) groups excluding carboxylic acids is 2. The highest BCUT2D eigenvalue weighted by atomic mass is 16.2. The molecule has 2 amide bonds. The lowest BCUT2D eigenvalue weighted by atomic mass is 10.1. The SMILES string of the molecule is Cc1ccc(CNC(=O)C(C)N2CCN(CC(=O)NCC(C)C)CC2)cc1. The third kappa shape index (κ3) is 7.31. The van der Waals surface area contributed by atoms with Crippen molar-refractivity contribution < 1.29 is 9.59 Å². The fourth-order valence-corrected chi connectivity index (χ4v) is 3.09. The van der Waals surface area contributed by atoms with Crippen molar-refractivity contribution in [1.29, 1.82) is 0 Å². The average molecular weight is 375 g/mol. The molecule has 0 radical (unpaired) electrons. The van der Waals surface area contributed by atoms with E-state index in [9.17, 15) is 9.59 Å². The number of carbonyl (C=O) groups is 2. The van der Waals surface area contributed by atoms with Crippen LogP contribution in [-0.2, 0) is 16.1 Å². The summed E-state index contributed by atoms with van der Waals surface area (Å²) < 4.78 is 0. The van der Waals surface area contributed by atoms with Gasteiger partial charge in [0.25, 0.3) is 0 Å². The average Bonchev–Trinajstić information content (AvgIpc) is 2.65. The molecule has 1 aliphatic heterocycles. The lowest BCUT2D eigenvalue weighted by molar-refractivity contribution is -0.128. The van der Waals surface area contributed by atoms with Crippen LogP contribution < -0.4 is 10.6 Å². The van der Waals surface area contributed by atoms with Crippen LogP contribution in [-0.4, -0.2) is 66.9 Å². The maximum Gasteiger partial charge on any atom is 0.237 e. The Bertz CT molecular complexity index is 607. The summed E-state index contributed by atoms with van der Waals surface area (Å²) in [6.45, 7) is 13.1. The standard InChI is InChI=1S/C21H34N4O2/c1-16(2)13-22-20(26)15-24-9-11-25(12-10-24)18(4)21(27)23-14-19-7-5-17(3)6-8-19/h5-8,16,18H,9-15H2,1-4H3,(H,22,26)(H,23,27). The normalized spacial score (nSPS) is 16.9. The van der Waals surface area contributed by atoms with E-state index in [1.54, 1.807) is 0 Å². The fourth-order valence-electron chi connectivity index (χ4n) is 3.09. The second kappa shape index (κ2) is 10.4. The predicted molar refractivity (Wildman–Crippen MR) is 108 cm³/mol. The van der Waals surface area contributed by atoms with Gasteiger partial charge in [-0.25, -0.2) is 0 Å². The zero-order chi connectivity index (χ0) is 19.8. The summed E-state index contributed by atoms with van der Waals surface area (Å²) in [5.74, 6) is 0.602. The summed E-state index contributed by atoms with van der Waals surface area (Å²) in [7, 11) is 0. The van der Waals surface area contributed by atoms with Gasteiger partial charge in [0.05, 0.1) is 12.6 Å². The van der Waals surface area contributed by atoms with Crippen molar-refractivity contribution >= 4 is 11.8 Å². The van der Waals surface area contributed by atoms with Crippen molar-refractivity contribution in [2.24, 2.45) is 5.92 Å². The first-order valence-corrected chi connectivity index (χ1v) is 9.91. The van der Waals surface area contributed by atoms with Crippen LogP contribution in [0.2, 0.25) is 0 Å². The number of benzene rings is 1. The number of nitrogens with one attached hydrogen (secondary N) is 2. The Hall–Kier alpha value is -1.92. The van der Waals surface area contributed by atoms with E-state index >= 15 is 0 Å². The Labute approximate surface area is 163 Å². The molecule has 1 aliphatic rings. The molecule has 1 saturated heterocycles. The summed E-state index contributed by atoms with van der Waals surface area (Å²) >= 11 is 0. The van der Waals surface area contributed by atoms with Gasteiger partial charge in [-0.3, -0.25) is 19.4 Å². The molecular weight excluding hydrogens is 340 g/mol. The number of hydrogen-bond donors (Lipinski definition) is 2. The zero-order valence-electron chi connectivity index (χ0n) is 17.1. The summed E-state index contributed by atoms with van der Waals surface area (Å²) in [6.07, 6.45) is 0. The maximum atomic E-state index is 12.5. The number of aryl methyl sites for hydroxylation is 1. The van der Waals surface area contributed by atoms with E-state index in [2.05, 4.69) is 53.3 Å². The maximum absolute atomic E-state index is 12.5. The first-order chi connectivity index (χ1) is 12.8. The van der Waals surface area contributed by atoms with Gasteiger partial charge in [0, 0.05) is 39.3 Å². The second-order valence-corrected chi connectivity index (χ2v) is 7.89. The fraction of sp³-hybridized carbons (Fsp3) is 0.619. The Morgan fingerprint density at radius 3 is 2.22 bits per heavy atom. The molecule has 1 unspecified atom stereocenters. The van der Waals surface area contributed by atoms with Gasteiger partial charge in [0.15, 0.2) is 0 Å². The van der Waals surface area contributed by atoms with Crippen LogP contribution >= 0.6 is 0 Å². The lowest BCUT2D eigenvalue weighted by Gasteiger charge is -2.37. The van der Waals surface area contributed by atoms with Crippen LogP contribution in [0.25, 0.3) is 0 Å². The third-order valence-corrected chi connectivity index (χ3v) is 5.00. The molecule has 2 N–H and O–H groups in total. The van der Waals surface area contributed by atoms with Crippen molar-refractivity contribution in [2.45, 2.75) is 40.3 Å². The lowest BCUT2D eigenvalue weighted by Crippen LogP contribution is -2.55. The third-order valence-electron chi connectivity index (χ3n) is 5.00. The van der Waals surface area contributed by atoms with E-state index in [-0.39, 0.29) is 17.9 Å². The number of hydrogen-bond acceptors (Lipinski definition) is 4. The minimum Gasteiger partial charge on any atom is -0.355 e. The number of rotatable bonds is 8. The molecule has 1 fully saturated rings. The molecule has 6 heteroatoms. The molecule has 0 aliphatic carbocycles. The molecule has 2 rings (SSSR count). The van der Waals surface area contributed by atoms with Gasteiger partial charge in [0.1, 0.15) is 0 Å². The number of nitrogens with zero attached hydrogens (tertiary/aromatic N) is 2. The monoisotopic (exact) mass is 374 g/mol. The van der Waals surface area contributed by atoms with E-state index in [0.717, 1.165) is 38.3 Å². The highest BCUT2D eigenvalue weighted by Gasteiger charge is 2.26. The molecule has 0 saturated carbocycles. The van der Waals surface area contributed by atoms with Crippen molar-refractivity contribution in [3.8, 4) is 0 Å². The van der Waals surface area contributed by atoms with Gasteiger partial charge in [0.2, 0.25) is 11.8 Å². The van der Waals surface area contributed by atoms with Crippen LogP contribution in [0, 0.1) is 12.8 Å². The summed E-state index contributed by atoms with van der Waals surface area (Å²) in [5, 5.41) is 5.99. The van der Waals surface area contributed by atoms with Crippen molar-refractivity contribution in [1.82, 2.24) is 20.4 Å². The van der Waals surface area contributed by atoms with Crippen LogP contribution in [0.15, 0.2) is 24.3 Å². The summed E-state index contributed by atoms with van der Waals surface area (Å²) in [6, 6.07) is 8.04. The first kappa shape index (κ1) is 21.4. The van der Waals surface area contributed by atoms with Crippen LogP contribution in [0.1, 0.15) is 31.9 Å². The van der Waals surface area contributed by atoms with E-state index in [1.807, 2.05) is 19.1 Å². The smallest absolute Gasteiger partial charge is 0.237 e. The second-order valence-electron chi connectivity index (χ2n) is 7.89. The van der Waals surface area contributed by atoms with Crippen LogP contribution in [0.3, 0.4) is 0 Å². The quantitative estimate of drug-likeness (QED) is 0.722. The van der Waals surface area contributed by atoms with E-state index in [0.29, 0.717) is 19.0 Å². The molecule has 0 aromatic heterocycles. The van der Waals surface area contributed by atoms with E-state index < -0.39 is 0 Å². The van der Waals surface area contributed by atoms with Gasteiger partial charge in [-0.1, -0.05) is 43.7 Å². The molecule has 150 valence electrons. The van der Waals surface area contributed by atoms with Crippen LogP contribution in [0.5, 0.6) is 0 Å². The molecule has 1 heterocycles. The highest BCUT2D eigenvalue weighted by Crippen LogP contribution is 2.08. The van der Waals surface area contributed by atoms with E-state index in [4.69, 9.17) is 0 Å². The summed E-state index contributed by atoms with van der Waals surface area (Å²) in [4.78, 5) is 28.8. The Kier molecular flexibility index (Phi) is 8.25. The minimum atomic E-state index is -0.160. The zero-order valence-corrected chi connectivity index (χ0v) is 17.1. The molecular formula is C21H34N4O2. The molecule has 27 heavy (non-hydrogen) atoms. The van der Waals surface area contributed by atoms with Gasteiger partial charge in [-0.2, -0.15) is 0 Å². The topological polar surface area (TPSA) is 64.7 Å². The van der Waals surface area contributed by atoms with Gasteiger partial charge < -0.3 is 10.6 Å². The molecule has 1 aromatic carbocycles. The Balaban J connectivity index is 1.70. The largest absolute Gasteiger partial charge is 0.355 e.